The highest BCUT2D eigenvalue weighted by atomic mass is 16.6. The highest BCUT2D eigenvalue weighted by Crippen LogP contribution is 2.28. The maximum Gasteiger partial charge on any atom is 0.269 e. The molecule has 0 unspecified atom stereocenters. The van der Waals surface area contributed by atoms with Gasteiger partial charge in [-0.2, -0.15) is 5.10 Å². The number of aryl methyl sites for hydroxylation is 3. The van der Waals surface area contributed by atoms with Crippen LogP contribution in [0.3, 0.4) is 0 Å². The highest BCUT2D eigenvalue weighted by Gasteiger charge is 2.16. The van der Waals surface area contributed by atoms with E-state index in [1.54, 1.807) is 10.7 Å². The number of hydrogen-bond acceptors (Lipinski definition) is 6. The maximum absolute atomic E-state index is 11.0. The number of anilines is 2. The molecule has 2 heterocycles. The molecule has 0 spiro atoms. The molecule has 0 aliphatic carbocycles. The molecule has 2 aromatic heterocycles. The number of aromatic nitrogens is 4. The van der Waals surface area contributed by atoms with Gasteiger partial charge in [-0.15, -0.1) is 0 Å². The first-order chi connectivity index (χ1) is 13.4. The molecule has 8 heteroatoms. The first kappa shape index (κ1) is 17.6. The summed E-state index contributed by atoms with van der Waals surface area (Å²) < 4.78 is 1.75. The monoisotopic (exact) mass is 374 g/mol. The first-order valence-corrected chi connectivity index (χ1v) is 8.75. The standard InChI is InChI=1S/C20H18N6O2/c1-12-10-15(26(27)28)8-9-16(12)21-19-20(25-14(3)11-13(2)24-25)23-18-7-5-4-6-17(18)22-19/h4-11H,1-3H3,(H,21,22). The summed E-state index contributed by atoms with van der Waals surface area (Å²) in [6.07, 6.45) is 0. The molecule has 0 aliphatic heterocycles. The molecule has 0 atom stereocenters. The predicted molar refractivity (Wildman–Crippen MR) is 107 cm³/mol. The summed E-state index contributed by atoms with van der Waals surface area (Å²) in [6.45, 7) is 5.69. The fourth-order valence-corrected chi connectivity index (χ4v) is 3.09. The number of nitrogens with zero attached hydrogens (tertiary/aromatic N) is 5. The Morgan fingerprint density at radius 3 is 2.32 bits per heavy atom. The lowest BCUT2D eigenvalue weighted by atomic mass is 10.2. The number of para-hydroxylation sites is 2. The van der Waals surface area contributed by atoms with Gasteiger partial charge in [0.1, 0.15) is 0 Å². The minimum Gasteiger partial charge on any atom is -0.337 e. The molecule has 0 saturated carbocycles. The Hall–Kier alpha value is -3.81. The number of rotatable bonds is 4. The van der Waals surface area contributed by atoms with Crippen LogP contribution in [-0.4, -0.2) is 24.7 Å². The van der Waals surface area contributed by atoms with E-state index in [4.69, 9.17) is 9.97 Å². The van der Waals surface area contributed by atoms with Crippen molar-refractivity contribution >= 4 is 28.2 Å². The van der Waals surface area contributed by atoms with E-state index in [0.717, 1.165) is 33.7 Å². The van der Waals surface area contributed by atoms with Crippen LogP contribution in [0.1, 0.15) is 17.0 Å². The topological polar surface area (TPSA) is 98.8 Å². The number of hydrogen-bond donors (Lipinski definition) is 1. The van der Waals surface area contributed by atoms with Gasteiger partial charge in [0.05, 0.1) is 21.7 Å². The molecule has 2 aromatic carbocycles. The zero-order chi connectivity index (χ0) is 19.8. The van der Waals surface area contributed by atoms with Crippen LogP contribution >= 0.6 is 0 Å². The largest absolute Gasteiger partial charge is 0.337 e. The number of nitrogens with one attached hydrogen (secondary N) is 1. The van der Waals surface area contributed by atoms with Crippen LogP contribution in [0.15, 0.2) is 48.5 Å². The van der Waals surface area contributed by atoms with Crippen LogP contribution < -0.4 is 5.32 Å². The van der Waals surface area contributed by atoms with Crippen molar-refractivity contribution in [1.82, 2.24) is 19.7 Å². The first-order valence-electron chi connectivity index (χ1n) is 8.75. The number of nitro groups is 1. The van der Waals surface area contributed by atoms with E-state index in [9.17, 15) is 10.1 Å². The van der Waals surface area contributed by atoms with E-state index in [1.165, 1.54) is 12.1 Å². The summed E-state index contributed by atoms with van der Waals surface area (Å²) in [5.74, 6) is 1.10. The Balaban J connectivity index is 1.87. The Kier molecular flexibility index (Phi) is 4.23. The van der Waals surface area contributed by atoms with Crippen LogP contribution in [0.5, 0.6) is 0 Å². The van der Waals surface area contributed by atoms with Crippen molar-refractivity contribution in [3.8, 4) is 5.82 Å². The van der Waals surface area contributed by atoms with Crippen molar-refractivity contribution < 1.29 is 4.92 Å². The van der Waals surface area contributed by atoms with Gasteiger partial charge in [-0.05, 0) is 50.6 Å². The SMILES string of the molecule is Cc1cc(C)n(-c2nc3ccccc3nc2Nc2ccc([N+](=O)[O-])cc2C)n1. The Morgan fingerprint density at radius 2 is 1.71 bits per heavy atom. The molecule has 140 valence electrons. The molecule has 28 heavy (non-hydrogen) atoms. The van der Waals surface area contributed by atoms with Gasteiger partial charge < -0.3 is 5.32 Å². The summed E-state index contributed by atoms with van der Waals surface area (Å²) in [4.78, 5) is 20.1. The van der Waals surface area contributed by atoms with Gasteiger partial charge in [0, 0.05) is 23.5 Å². The van der Waals surface area contributed by atoms with Crippen LogP contribution in [0.25, 0.3) is 16.9 Å². The fourth-order valence-electron chi connectivity index (χ4n) is 3.09. The van der Waals surface area contributed by atoms with Crippen LogP contribution in [0, 0.1) is 30.9 Å². The third-order valence-electron chi connectivity index (χ3n) is 4.44. The van der Waals surface area contributed by atoms with Crippen LogP contribution in [-0.2, 0) is 0 Å². The Bertz CT molecular complexity index is 1210. The number of fused-ring (bicyclic) bond motifs is 1. The molecule has 0 bridgehead atoms. The molecule has 0 fully saturated rings. The van der Waals surface area contributed by atoms with E-state index < -0.39 is 4.92 Å². The van der Waals surface area contributed by atoms with Gasteiger partial charge in [-0.3, -0.25) is 10.1 Å². The van der Waals surface area contributed by atoms with Crippen molar-refractivity contribution in [2.75, 3.05) is 5.32 Å². The van der Waals surface area contributed by atoms with Crippen LogP contribution in [0.2, 0.25) is 0 Å². The van der Waals surface area contributed by atoms with Gasteiger partial charge in [-0.25, -0.2) is 14.6 Å². The minimum atomic E-state index is -0.409. The third kappa shape index (κ3) is 3.16. The fraction of sp³-hybridized carbons (Fsp3) is 0.150. The minimum absolute atomic E-state index is 0.0476. The molecule has 8 nitrogen and oxygen atoms in total. The van der Waals surface area contributed by atoms with Gasteiger partial charge in [0.15, 0.2) is 11.6 Å². The van der Waals surface area contributed by atoms with Crippen LogP contribution in [0.4, 0.5) is 17.2 Å². The molecular formula is C20H18N6O2. The van der Waals surface area contributed by atoms with Crippen molar-refractivity contribution in [2.24, 2.45) is 0 Å². The Morgan fingerprint density at radius 1 is 1.00 bits per heavy atom. The molecule has 0 saturated heterocycles. The summed E-state index contributed by atoms with van der Waals surface area (Å²) in [5, 5.41) is 18.8. The predicted octanol–water partition coefficient (Wildman–Crippen LogP) is 4.39. The lowest BCUT2D eigenvalue weighted by Crippen LogP contribution is -2.09. The van der Waals surface area contributed by atoms with E-state index in [0.29, 0.717) is 11.6 Å². The van der Waals surface area contributed by atoms with Gasteiger partial charge in [-0.1, -0.05) is 12.1 Å². The maximum atomic E-state index is 11.0. The van der Waals surface area contributed by atoms with E-state index >= 15 is 0 Å². The second kappa shape index (κ2) is 6.73. The van der Waals surface area contributed by atoms with Crippen molar-refractivity contribution in [3.05, 3.63) is 75.6 Å². The van der Waals surface area contributed by atoms with Crippen molar-refractivity contribution in [3.63, 3.8) is 0 Å². The second-order valence-electron chi connectivity index (χ2n) is 6.60. The molecule has 0 aliphatic rings. The zero-order valence-electron chi connectivity index (χ0n) is 15.7. The molecule has 4 rings (SSSR count). The molecule has 4 aromatic rings. The van der Waals surface area contributed by atoms with Crippen molar-refractivity contribution in [2.45, 2.75) is 20.8 Å². The molecular weight excluding hydrogens is 356 g/mol. The quantitative estimate of drug-likeness (QED) is 0.420. The zero-order valence-corrected chi connectivity index (χ0v) is 15.7. The third-order valence-corrected chi connectivity index (χ3v) is 4.44. The van der Waals surface area contributed by atoms with E-state index in [-0.39, 0.29) is 5.69 Å². The van der Waals surface area contributed by atoms with Gasteiger partial charge >= 0.3 is 0 Å². The Labute approximate surface area is 161 Å². The van der Waals surface area contributed by atoms with E-state index in [2.05, 4.69) is 10.4 Å². The number of non-ortho nitro benzene ring substituents is 1. The molecule has 0 radical (unpaired) electrons. The highest BCUT2D eigenvalue weighted by molar-refractivity contribution is 5.80. The normalized spacial score (nSPS) is 11.0. The van der Waals surface area contributed by atoms with Gasteiger partial charge in [0.25, 0.3) is 5.69 Å². The smallest absolute Gasteiger partial charge is 0.269 e. The lowest BCUT2D eigenvalue weighted by Gasteiger charge is -2.14. The summed E-state index contributed by atoms with van der Waals surface area (Å²) >= 11 is 0. The second-order valence-corrected chi connectivity index (χ2v) is 6.60. The summed E-state index contributed by atoms with van der Waals surface area (Å²) in [5.41, 5.74) is 4.83. The van der Waals surface area contributed by atoms with Crippen molar-refractivity contribution in [1.29, 1.82) is 0 Å². The lowest BCUT2D eigenvalue weighted by molar-refractivity contribution is -0.384. The average Bonchev–Trinajstić information content (AvgIpc) is 3.00. The molecule has 0 amide bonds. The van der Waals surface area contributed by atoms with E-state index in [1.807, 2.05) is 51.1 Å². The molecule has 1 N–H and O–H groups in total. The summed E-state index contributed by atoms with van der Waals surface area (Å²) in [6, 6.07) is 14.2. The number of benzene rings is 2. The number of nitro benzene ring substituents is 1. The average molecular weight is 374 g/mol. The van der Waals surface area contributed by atoms with Gasteiger partial charge in [0.2, 0.25) is 0 Å². The summed E-state index contributed by atoms with van der Waals surface area (Å²) in [7, 11) is 0.